The van der Waals surface area contributed by atoms with Crippen LogP contribution in [0.2, 0.25) is 0 Å². The summed E-state index contributed by atoms with van der Waals surface area (Å²) in [6.45, 7) is 4.17. The molecule has 23 heavy (non-hydrogen) atoms. The van der Waals surface area contributed by atoms with Gasteiger partial charge in [-0.1, -0.05) is 18.2 Å². The Morgan fingerprint density at radius 3 is 3.04 bits per heavy atom. The number of anilines is 1. The Hall–Kier alpha value is -2.33. The smallest absolute Gasteiger partial charge is 0.137 e. The molecule has 0 unspecified atom stereocenters. The van der Waals surface area contributed by atoms with Gasteiger partial charge in [0.05, 0.1) is 11.9 Å². The van der Waals surface area contributed by atoms with E-state index in [0.717, 1.165) is 25.2 Å². The molecule has 0 bridgehead atoms. The lowest BCUT2D eigenvalue weighted by Crippen LogP contribution is -2.29. The van der Waals surface area contributed by atoms with Gasteiger partial charge in [0, 0.05) is 29.5 Å². The highest BCUT2D eigenvalue weighted by atomic mass is 32.1. The average molecular weight is 321 g/mol. The molecule has 0 radical (unpaired) electrons. The van der Waals surface area contributed by atoms with Gasteiger partial charge < -0.3 is 9.88 Å². The number of aromatic nitrogens is 2. The molecule has 0 saturated heterocycles. The van der Waals surface area contributed by atoms with Crippen molar-refractivity contribution in [1.82, 2.24) is 9.97 Å². The zero-order chi connectivity index (χ0) is 15.6. The summed E-state index contributed by atoms with van der Waals surface area (Å²) < 4.78 is 0. The number of pyridine rings is 1. The molecular formula is C19H19N3S. The Morgan fingerprint density at radius 2 is 2.26 bits per heavy atom. The molecule has 0 atom stereocenters. The quantitative estimate of drug-likeness (QED) is 0.752. The molecule has 1 aliphatic rings. The van der Waals surface area contributed by atoms with Crippen LogP contribution in [0.5, 0.6) is 0 Å². The normalized spacial score (nSPS) is 15.5. The minimum Gasteiger partial charge on any atom is -0.366 e. The van der Waals surface area contributed by atoms with E-state index in [1.807, 2.05) is 12.4 Å². The number of hydrogen-bond donors (Lipinski definition) is 1. The van der Waals surface area contributed by atoms with Gasteiger partial charge in [0.2, 0.25) is 0 Å². The first kappa shape index (κ1) is 14.3. The Bertz CT molecular complexity index is 871. The standard InChI is InChI=1S/C19H19N3S/c1-14-17-6-9-20-19(17)21-13-18(14)22-10-7-15(8-11-22)4-5-16-3-2-12-23-16/h2-7,9,12-13H,8,10-11H2,1H3,(H,20,21). The Balaban J connectivity index is 1.52. The lowest BCUT2D eigenvalue weighted by atomic mass is 10.1. The van der Waals surface area contributed by atoms with Crippen LogP contribution in [0.1, 0.15) is 16.9 Å². The van der Waals surface area contributed by atoms with Gasteiger partial charge in [-0.25, -0.2) is 4.98 Å². The zero-order valence-corrected chi connectivity index (χ0v) is 13.9. The number of aromatic amines is 1. The number of H-pyrrole nitrogens is 1. The van der Waals surface area contributed by atoms with E-state index in [1.54, 1.807) is 11.3 Å². The largest absolute Gasteiger partial charge is 0.366 e. The summed E-state index contributed by atoms with van der Waals surface area (Å²) in [6, 6.07) is 6.35. The molecule has 4 heteroatoms. The highest BCUT2D eigenvalue weighted by Crippen LogP contribution is 2.28. The van der Waals surface area contributed by atoms with Crippen molar-refractivity contribution >= 4 is 34.1 Å². The summed E-state index contributed by atoms with van der Waals surface area (Å²) in [4.78, 5) is 11.4. The van der Waals surface area contributed by atoms with Gasteiger partial charge in [-0.15, -0.1) is 11.3 Å². The van der Waals surface area contributed by atoms with E-state index in [-0.39, 0.29) is 0 Å². The average Bonchev–Trinajstić information content (AvgIpc) is 3.26. The third-order valence-electron chi connectivity index (χ3n) is 4.42. The van der Waals surface area contributed by atoms with Gasteiger partial charge in [-0.05, 0) is 48.1 Å². The van der Waals surface area contributed by atoms with Crippen molar-refractivity contribution in [3.63, 3.8) is 0 Å². The molecule has 4 rings (SSSR count). The van der Waals surface area contributed by atoms with Gasteiger partial charge in [0.15, 0.2) is 0 Å². The van der Waals surface area contributed by atoms with E-state index in [2.05, 4.69) is 63.6 Å². The van der Waals surface area contributed by atoms with E-state index >= 15 is 0 Å². The van der Waals surface area contributed by atoms with Crippen LogP contribution in [0.15, 0.2) is 53.7 Å². The first-order chi connectivity index (χ1) is 11.3. The zero-order valence-electron chi connectivity index (χ0n) is 13.1. The SMILES string of the molecule is Cc1c(N2CC=C(C=Cc3cccs3)CC2)cnc2[nH]ccc12. The van der Waals surface area contributed by atoms with E-state index in [4.69, 9.17) is 0 Å². The number of aryl methyl sites for hydroxylation is 1. The van der Waals surface area contributed by atoms with E-state index in [1.165, 1.54) is 27.1 Å². The predicted molar refractivity (Wildman–Crippen MR) is 99.1 cm³/mol. The van der Waals surface area contributed by atoms with Gasteiger partial charge in [-0.3, -0.25) is 0 Å². The number of nitrogens with one attached hydrogen (secondary N) is 1. The predicted octanol–water partition coefficient (Wildman–Crippen LogP) is 4.78. The van der Waals surface area contributed by atoms with Crippen molar-refractivity contribution in [2.75, 3.05) is 18.0 Å². The second kappa shape index (κ2) is 6.05. The Kier molecular flexibility index (Phi) is 3.75. The van der Waals surface area contributed by atoms with Crippen LogP contribution < -0.4 is 4.90 Å². The van der Waals surface area contributed by atoms with Crippen molar-refractivity contribution in [1.29, 1.82) is 0 Å². The fourth-order valence-electron chi connectivity index (χ4n) is 3.08. The molecule has 0 aromatic carbocycles. The fourth-order valence-corrected chi connectivity index (χ4v) is 3.70. The molecule has 4 heterocycles. The van der Waals surface area contributed by atoms with Gasteiger partial charge >= 0.3 is 0 Å². The summed E-state index contributed by atoms with van der Waals surface area (Å²) in [5, 5.41) is 3.33. The summed E-state index contributed by atoms with van der Waals surface area (Å²) in [5.41, 5.74) is 4.94. The molecule has 1 N–H and O–H groups in total. The molecule has 116 valence electrons. The summed E-state index contributed by atoms with van der Waals surface area (Å²) >= 11 is 1.78. The lowest BCUT2D eigenvalue weighted by Gasteiger charge is -2.29. The number of thiophene rings is 1. The molecule has 0 aliphatic carbocycles. The summed E-state index contributed by atoms with van der Waals surface area (Å²) in [7, 11) is 0. The van der Waals surface area contributed by atoms with Crippen LogP contribution in [-0.2, 0) is 0 Å². The number of allylic oxidation sites excluding steroid dienone is 1. The number of nitrogens with zero attached hydrogens (tertiary/aromatic N) is 2. The van der Waals surface area contributed by atoms with Crippen LogP contribution in [0.25, 0.3) is 17.1 Å². The topological polar surface area (TPSA) is 31.9 Å². The highest BCUT2D eigenvalue weighted by molar-refractivity contribution is 7.10. The molecule has 1 aliphatic heterocycles. The minimum atomic E-state index is 0.947. The molecular weight excluding hydrogens is 302 g/mol. The van der Waals surface area contributed by atoms with Gasteiger partial charge in [0.1, 0.15) is 5.65 Å². The third kappa shape index (κ3) is 2.82. The number of hydrogen-bond acceptors (Lipinski definition) is 3. The number of fused-ring (bicyclic) bond motifs is 1. The van der Waals surface area contributed by atoms with Crippen molar-refractivity contribution in [3.05, 3.63) is 64.1 Å². The van der Waals surface area contributed by atoms with E-state index in [0.29, 0.717) is 0 Å². The van der Waals surface area contributed by atoms with Crippen molar-refractivity contribution < 1.29 is 0 Å². The molecule has 0 spiro atoms. The maximum absolute atomic E-state index is 4.54. The van der Waals surface area contributed by atoms with Crippen LogP contribution in [-0.4, -0.2) is 23.1 Å². The molecule has 3 aromatic heterocycles. The third-order valence-corrected chi connectivity index (χ3v) is 5.26. The van der Waals surface area contributed by atoms with Gasteiger partial charge in [0.25, 0.3) is 0 Å². The van der Waals surface area contributed by atoms with Crippen molar-refractivity contribution in [2.45, 2.75) is 13.3 Å². The van der Waals surface area contributed by atoms with Crippen molar-refractivity contribution in [3.8, 4) is 0 Å². The molecule has 0 amide bonds. The molecule has 0 saturated carbocycles. The van der Waals surface area contributed by atoms with Crippen LogP contribution >= 0.6 is 11.3 Å². The maximum atomic E-state index is 4.54. The second-order valence-electron chi connectivity index (χ2n) is 5.83. The van der Waals surface area contributed by atoms with E-state index < -0.39 is 0 Å². The Labute approximate surface area is 140 Å². The minimum absolute atomic E-state index is 0.947. The molecule has 0 fully saturated rings. The first-order valence-electron chi connectivity index (χ1n) is 7.89. The van der Waals surface area contributed by atoms with Crippen LogP contribution in [0.4, 0.5) is 5.69 Å². The lowest BCUT2D eigenvalue weighted by molar-refractivity contribution is 0.797. The van der Waals surface area contributed by atoms with Gasteiger partial charge in [-0.2, -0.15) is 0 Å². The van der Waals surface area contributed by atoms with Crippen LogP contribution in [0.3, 0.4) is 0 Å². The summed E-state index contributed by atoms with van der Waals surface area (Å²) in [5.74, 6) is 0. The second-order valence-corrected chi connectivity index (χ2v) is 6.81. The van der Waals surface area contributed by atoms with Crippen molar-refractivity contribution in [2.24, 2.45) is 0 Å². The summed E-state index contributed by atoms with van der Waals surface area (Å²) in [6.07, 6.45) is 11.8. The van der Waals surface area contributed by atoms with Crippen LogP contribution in [0, 0.1) is 6.92 Å². The monoisotopic (exact) mass is 321 g/mol. The first-order valence-corrected chi connectivity index (χ1v) is 8.77. The highest BCUT2D eigenvalue weighted by Gasteiger charge is 2.15. The van der Waals surface area contributed by atoms with E-state index in [9.17, 15) is 0 Å². The fraction of sp³-hybridized carbons (Fsp3) is 0.211. The molecule has 3 nitrogen and oxygen atoms in total. The Morgan fingerprint density at radius 1 is 1.30 bits per heavy atom. The number of rotatable bonds is 3. The molecule has 3 aromatic rings. The maximum Gasteiger partial charge on any atom is 0.137 e.